The normalized spacial score (nSPS) is 13.0. The molecule has 0 bridgehead atoms. The quantitative estimate of drug-likeness (QED) is 0.230. The second kappa shape index (κ2) is 13.2. The summed E-state index contributed by atoms with van der Waals surface area (Å²) in [4.78, 5) is 16.7. The summed E-state index contributed by atoms with van der Waals surface area (Å²) in [5.74, 6) is 0.547. The zero-order valence-electron chi connectivity index (χ0n) is 17.9. The molecule has 2 rings (SSSR count). The summed E-state index contributed by atoms with van der Waals surface area (Å²) in [6, 6.07) is 17.0. The standard InChI is InChI=1S/C23H32N4O2.HI/c1-4-14-25-21(28)19-11-9-10-18(15-19)16-26-22(24-5-2)27-17-23(3,29)20-12-7-6-8-13-20;/h6-13,15,29H,4-5,14,16-17H2,1-3H3,(H,25,28)(H2,24,26,27);1H. The molecule has 2 aromatic carbocycles. The van der Waals surface area contributed by atoms with Crippen molar-refractivity contribution >= 4 is 35.8 Å². The monoisotopic (exact) mass is 524 g/mol. The van der Waals surface area contributed by atoms with Crippen molar-refractivity contribution in [2.24, 2.45) is 4.99 Å². The molecular weight excluding hydrogens is 491 g/mol. The number of guanidine groups is 1. The summed E-state index contributed by atoms with van der Waals surface area (Å²) in [6.07, 6.45) is 0.903. The number of halogens is 1. The second-order valence-corrected chi connectivity index (χ2v) is 7.14. The first-order chi connectivity index (χ1) is 14.0. The van der Waals surface area contributed by atoms with E-state index in [2.05, 4.69) is 20.9 Å². The van der Waals surface area contributed by atoms with Crippen LogP contribution in [0.5, 0.6) is 0 Å². The van der Waals surface area contributed by atoms with Gasteiger partial charge in [-0.25, -0.2) is 4.99 Å². The van der Waals surface area contributed by atoms with Crippen LogP contribution in [0.25, 0.3) is 0 Å². The minimum absolute atomic E-state index is 0. The Bertz CT molecular complexity index is 810. The first kappa shape index (κ1) is 25.9. The molecule has 7 heteroatoms. The Labute approximate surface area is 196 Å². The highest BCUT2D eigenvalue weighted by molar-refractivity contribution is 14.0. The van der Waals surface area contributed by atoms with Crippen LogP contribution in [0.4, 0.5) is 0 Å². The highest BCUT2D eigenvalue weighted by Crippen LogP contribution is 2.18. The molecule has 0 spiro atoms. The van der Waals surface area contributed by atoms with Crippen LogP contribution in [-0.2, 0) is 12.1 Å². The van der Waals surface area contributed by atoms with Crippen LogP contribution in [0, 0.1) is 0 Å². The molecule has 0 aliphatic heterocycles. The van der Waals surface area contributed by atoms with Crippen molar-refractivity contribution in [3.8, 4) is 0 Å². The molecule has 30 heavy (non-hydrogen) atoms. The fraction of sp³-hybridized carbons (Fsp3) is 0.391. The lowest BCUT2D eigenvalue weighted by Gasteiger charge is -2.25. The van der Waals surface area contributed by atoms with Crippen molar-refractivity contribution in [3.05, 3.63) is 71.3 Å². The van der Waals surface area contributed by atoms with Gasteiger partial charge in [-0.3, -0.25) is 4.79 Å². The maximum Gasteiger partial charge on any atom is 0.251 e. The molecule has 1 unspecified atom stereocenters. The van der Waals surface area contributed by atoms with Gasteiger partial charge < -0.3 is 21.1 Å². The molecular formula is C23H33IN4O2. The van der Waals surface area contributed by atoms with Crippen molar-refractivity contribution in [1.82, 2.24) is 16.0 Å². The topological polar surface area (TPSA) is 85.8 Å². The molecule has 0 aromatic heterocycles. The van der Waals surface area contributed by atoms with Crippen LogP contribution >= 0.6 is 24.0 Å². The van der Waals surface area contributed by atoms with Crippen molar-refractivity contribution in [3.63, 3.8) is 0 Å². The average molecular weight is 524 g/mol. The Kier molecular flexibility index (Phi) is 11.4. The number of hydrogen-bond acceptors (Lipinski definition) is 3. The van der Waals surface area contributed by atoms with E-state index in [9.17, 15) is 9.90 Å². The first-order valence-electron chi connectivity index (χ1n) is 10.1. The van der Waals surface area contributed by atoms with Gasteiger partial charge in [0.05, 0.1) is 13.1 Å². The van der Waals surface area contributed by atoms with Crippen LogP contribution in [0.1, 0.15) is 48.7 Å². The average Bonchev–Trinajstić information content (AvgIpc) is 2.75. The third-order valence-corrected chi connectivity index (χ3v) is 4.48. The maximum atomic E-state index is 12.1. The van der Waals surface area contributed by atoms with E-state index in [0.29, 0.717) is 37.7 Å². The molecule has 0 saturated heterocycles. The Morgan fingerprint density at radius 3 is 2.43 bits per heavy atom. The molecule has 2 aromatic rings. The van der Waals surface area contributed by atoms with Gasteiger partial charge in [0, 0.05) is 18.7 Å². The molecule has 6 nitrogen and oxygen atoms in total. The smallest absolute Gasteiger partial charge is 0.251 e. The second-order valence-electron chi connectivity index (χ2n) is 7.14. The molecule has 164 valence electrons. The van der Waals surface area contributed by atoms with E-state index >= 15 is 0 Å². The minimum Gasteiger partial charge on any atom is -0.384 e. The number of carbonyl (C=O) groups excluding carboxylic acids is 1. The molecule has 0 fully saturated rings. The lowest BCUT2D eigenvalue weighted by Crippen LogP contribution is -2.44. The Balaban J connectivity index is 0.00000450. The fourth-order valence-corrected chi connectivity index (χ4v) is 2.82. The van der Waals surface area contributed by atoms with Gasteiger partial charge in [-0.2, -0.15) is 0 Å². The zero-order chi connectivity index (χ0) is 21.1. The number of aliphatic imine (C=N–C) groups is 1. The maximum absolute atomic E-state index is 12.1. The van der Waals surface area contributed by atoms with Crippen molar-refractivity contribution in [2.45, 2.75) is 39.3 Å². The van der Waals surface area contributed by atoms with Gasteiger partial charge in [0.15, 0.2) is 5.96 Å². The largest absolute Gasteiger partial charge is 0.384 e. The summed E-state index contributed by atoms with van der Waals surface area (Å²) in [6.45, 7) is 7.91. The Morgan fingerprint density at radius 2 is 1.77 bits per heavy atom. The third-order valence-electron chi connectivity index (χ3n) is 4.48. The molecule has 0 heterocycles. The number of hydrogen-bond donors (Lipinski definition) is 4. The van der Waals surface area contributed by atoms with Crippen molar-refractivity contribution < 1.29 is 9.90 Å². The molecule has 1 amide bonds. The minimum atomic E-state index is -1.02. The molecule has 0 aliphatic rings. The molecule has 0 radical (unpaired) electrons. The van der Waals surface area contributed by atoms with Crippen molar-refractivity contribution in [1.29, 1.82) is 0 Å². The number of carbonyl (C=O) groups is 1. The van der Waals surface area contributed by atoms with Gasteiger partial charge >= 0.3 is 0 Å². The van der Waals surface area contributed by atoms with Crippen LogP contribution in [0.2, 0.25) is 0 Å². The van der Waals surface area contributed by atoms with Gasteiger partial charge in [0.1, 0.15) is 5.60 Å². The lowest BCUT2D eigenvalue weighted by molar-refractivity contribution is 0.0617. The van der Waals surface area contributed by atoms with E-state index in [1.54, 1.807) is 13.0 Å². The van der Waals surface area contributed by atoms with Gasteiger partial charge in [0.25, 0.3) is 5.91 Å². The zero-order valence-corrected chi connectivity index (χ0v) is 20.3. The molecule has 4 N–H and O–H groups in total. The van der Waals surface area contributed by atoms with Crippen LogP contribution in [0.15, 0.2) is 59.6 Å². The van der Waals surface area contributed by atoms with E-state index in [4.69, 9.17) is 0 Å². The number of aliphatic hydroxyl groups is 1. The van der Waals surface area contributed by atoms with E-state index in [0.717, 1.165) is 17.5 Å². The van der Waals surface area contributed by atoms with Crippen LogP contribution < -0.4 is 16.0 Å². The summed E-state index contributed by atoms with van der Waals surface area (Å²) < 4.78 is 0. The Hall–Kier alpha value is -2.13. The molecule has 1 atom stereocenters. The lowest BCUT2D eigenvalue weighted by atomic mass is 9.96. The SMILES string of the molecule is CCCNC(=O)c1cccc(CN=C(NCC)NCC(C)(O)c2ccccc2)c1.I. The number of nitrogens with zero attached hydrogens (tertiary/aromatic N) is 1. The van der Waals surface area contributed by atoms with Gasteiger partial charge in [-0.15, -0.1) is 24.0 Å². The van der Waals surface area contributed by atoms with Crippen LogP contribution in [0.3, 0.4) is 0 Å². The summed E-state index contributed by atoms with van der Waals surface area (Å²) >= 11 is 0. The van der Waals surface area contributed by atoms with Crippen LogP contribution in [-0.4, -0.2) is 36.6 Å². The van der Waals surface area contributed by atoms with E-state index < -0.39 is 5.60 Å². The summed E-state index contributed by atoms with van der Waals surface area (Å²) in [7, 11) is 0. The predicted molar refractivity (Wildman–Crippen MR) is 133 cm³/mol. The highest BCUT2D eigenvalue weighted by Gasteiger charge is 2.22. The number of amides is 1. The van der Waals surface area contributed by atoms with Gasteiger partial charge in [-0.05, 0) is 43.5 Å². The number of rotatable bonds is 9. The first-order valence-corrected chi connectivity index (χ1v) is 10.1. The van der Waals surface area contributed by atoms with E-state index in [-0.39, 0.29) is 29.9 Å². The fourth-order valence-electron chi connectivity index (χ4n) is 2.82. The van der Waals surface area contributed by atoms with Gasteiger partial charge in [-0.1, -0.05) is 49.4 Å². The number of nitrogens with one attached hydrogen (secondary N) is 3. The number of benzene rings is 2. The van der Waals surface area contributed by atoms with E-state index in [1.807, 2.05) is 62.4 Å². The predicted octanol–water partition coefficient (Wildman–Crippen LogP) is 3.41. The Morgan fingerprint density at radius 1 is 1.03 bits per heavy atom. The van der Waals surface area contributed by atoms with Crippen molar-refractivity contribution in [2.75, 3.05) is 19.6 Å². The summed E-state index contributed by atoms with van der Waals surface area (Å²) in [5, 5.41) is 20.0. The summed E-state index contributed by atoms with van der Waals surface area (Å²) in [5.41, 5.74) is 1.40. The third kappa shape index (κ3) is 8.31. The highest BCUT2D eigenvalue weighted by atomic mass is 127. The van der Waals surface area contributed by atoms with Gasteiger partial charge in [0.2, 0.25) is 0 Å². The molecule has 0 aliphatic carbocycles. The molecule has 0 saturated carbocycles. The van der Waals surface area contributed by atoms with E-state index in [1.165, 1.54) is 0 Å².